The van der Waals surface area contributed by atoms with E-state index < -0.39 is 0 Å². The number of hydrogen-bond acceptors (Lipinski definition) is 5. The van der Waals surface area contributed by atoms with Gasteiger partial charge in [0.2, 0.25) is 5.96 Å². The van der Waals surface area contributed by atoms with Crippen LogP contribution in [0.5, 0.6) is 0 Å². The van der Waals surface area contributed by atoms with E-state index in [2.05, 4.69) is 49.7 Å². The minimum absolute atomic E-state index is 0.00508. The first-order valence-corrected chi connectivity index (χ1v) is 9.21. The van der Waals surface area contributed by atoms with E-state index in [1.807, 2.05) is 18.9 Å². The molecule has 5 nitrogen and oxygen atoms in total. The van der Waals surface area contributed by atoms with Crippen LogP contribution in [0.4, 0.5) is 10.1 Å². The molecule has 1 aromatic carbocycles. The fourth-order valence-electron chi connectivity index (χ4n) is 2.80. The van der Waals surface area contributed by atoms with Crippen molar-refractivity contribution in [3.8, 4) is 0 Å². The van der Waals surface area contributed by atoms with Gasteiger partial charge in [0.15, 0.2) is 0 Å². The van der Waals surface area contributed by atoms with Gasteiger partial charge in [0, 0.05) is 44.0 Å². The highest BCUT2D eigenvalue weighted by Crippen LogP contribution is 2.38. The summed E-state index contributed by atoms with van der Waals surface area (Å²) >= 11 is 3.25. The summed E-state index contributed by atoms with van der Waals surface area (Å²) in [5, 5.41) is 9.72. The minimum Gasteiger partial charge on any atom is -0.338 e. The standard InChI is InChI=1S/C15H19BrFN5.C3H6/c1-3-19-22-10(2)11-8-12(16)13(17)9-14(11)20-15(22)21-6-4-18-5-7-21;1-3-2/h3,8-10,18H,4-7H2,1-2H3;3H,1H2,2H3/b19-3-;. The van der Waals surface area contributed by atoms with Crippen LogP contribution in [0.15, 0.2) is 39.4 Å². The lowest BCUT2D eigenvalue weighted by Crippen LogP contribution is -2.52. The summed E-state index contributed by atoms with van der Waals surface area (Å²) in [6.07, 6.45) is 3.51. The number of piperazine rings is 1. The zero-order chi connectivity index (χ0) is 18.4. The van der Waals surface area contributed by atoms with Crippen molar-refractivity contribution in [2.75, 3.05) is 26.2 Å². The first kappa shape index (κ1) is 19.6. The molecule has 1 atom stereocenters. The summed E-state index contributed by atoms with van der Waals surface area (Å²) < 4.78 is 14.3. The second-order valence-electron chi connectivity index (χ2n) is 5.78. The molecule has 0 radical (unpaired) electrons. The van der Waals surface area contributed by atoms with Crippen LogP contribution in [-0.4, -0.2) is 48.3 Å². The maximum atomic E-state index is 13.9. The van der Waals surface area contributed by atoms with Gasteiger partial charge >= 0.3 is 0 Å². The Morgan fingerprint density at radius 3 is 2.60 bits per heavy atom. The van der Waals surface area contributed by atoms with Crippen molar-refractivity contribution >= 4 is 33.8 Å². The van der Waals surface area contributed by atoms with Gasteiger partial charge in [-0.3, -0.25) is 0 Å². The number of benzene rings is 1. The van der Waals surface area contributed by atoms with Crippen molar-refractivity contribution in [3.05, 3.63) is 40.6 Å². The molecule has 1 N–H and O–H groups in total. The molecule has 1 fully saturated rings. The Hall–Kier alpha value is -1.73. The molecule has 0 amide bonds. The normalized spacial score (nSPS) is 19.9. The molecule has 136 valence electrons. The molecule has 0 aromatic heterocycles. The fourth-order valence-corrected chi connectivity index (χ4v) is 3.16. The highest BCUT2D eigenvalue weighted by molar-refractivity contribution is 9.10. The molecule has 0 saturated carbocycles. The van der Waals surface area contributed by atoms with Crippen molar-refractivity contribution < 1.29 is 4.39 Å². The van der Waals surface area contributed by atoms with Gasteiger partial charge in [-0.15, -0.1) is 6.58 Å². The van der Waals surface area contributed by atoms with Gasteiger partial charge in [0.05, 0.1) is 16.2 Å². The molecule has 0 spiro atoms. The lowest BCUT2D eigenvalue weighted by molar-refractivity contribution is 0.258. The number of halogens is 2. The molecule has 7 heteroatoms. The first-order valence-electron chi connectivity index (χ1n) is 8.41. The molecule has 1 unspecified atom stereocenters. The molecule has 2 heterocycles. The lowest BCUT2D eigenvalue weighted by Gasteiger charge is -2.39. The van der Waals surface area contributed by atoms with Gasteiger partial charge in [-0.25, -0.2) is 14.4 Å². The monoisotopic (exact) mass is 409 g/mol. The van der Waals surface area contributed by atoms with Crippen LogP contribution < -0.4 is 5.32 Å². The summed E-state index contributed by atoms with van der Waals surface area (Å²) in [5.41, 5.74) is 1.65. The zero-order valence-electron chi connectivity index (χ0n) is 15.0. The first-order chi connectivity index (χ1) is 12.0. The number of allylic oxidation sites excluding steroid dienone is 1. The third kappa shape index (κ3) is 4.46. The predicted molar refractivity (Wildman–Crippen MR) is 106 cm³/mol. The minimum atomic E-state index is -0.290. The number of fused-ring (bicyclic) bond motifs is 1. The molecular weight excluding hydrogens is 385 g/mol. The van der Waals surface area contributed by atoms with Gasteiger partial charge in [-0.2, -0.15) is 5.10 Å². The Morgan fingerprint density at radius 2 is 2.00 bits per heavy atom. The Balaban J connectivity index is 0.000000701. The van der Waals surface area contributed by atoms with Gasteiger partial charge < -0.3 is 10.2 Å². The van der Waals surface area contributed by atoms with Crippen molar-refractivity contribution in [1.29, 1.82) is 0 Å². The van der Waals surface area contributed by atoms with Crippen molar-refractivity contribution in [2.24, 2.45) is 10.1 Å². The second kappa shape index (κ2) is 9.10. The van der Waals surface area contributed by atoms with Crippen LogP contribution in [-0.2, 0) is 0 Å². The van der Waals surface area contributed by atoms with Crippen LogP contribution in [0, 0.1) is 5.82 Å². The predicted octanol–water partition coefficient (Wildman–Crippen LogP) is 4.06. The van der Waals surface area contributed by atoms with Crippen LogP contribution in [0.3, 0.4) is 0 Å². The number of guanidine groups is 1. The number of nitrogens with zero attached hydrogens (tertiary/aromatic N) is 4. The fraction of sp³-hybridized carbons (Fsp3) is 0.444. The van der Waals surface area contributed by atoms with Crippen LogP contribution >= 0.6 is 15.9 Å². The Morgan fingerprint density at radius 1 is 1.36 bits per heavy atom. The van der Waals surface area contributed by atoms with E-state index in [-0.39, 0.29) is 11.9 Å². The molecule has 0 aliphatic carbocycles. The Kier molecular flexibility index (Phi) is 7.13. The largest absolute Gasteiger partial charge is 0.338 e. The van der Waals surface area contributed by atoms with Gasteiger partial charge in [0.25, 0.3) is 0 Å². The van der Waals surface area contributed by atoms with Crippen LogP contribution in [0.2, 0.25) is 0 Å². The van der Waals surface area contributed by atoms with Gasteiger partial charge in [0.1, 0.15) is 5.82 Å². The average molecular weight is 410 g/mol. The quantitative estimate of drug-likeness (QED) is 0.561. The topological polar surface area (TPSA) is 43.2 Å². The average Bonchev–Trinajstić information content (AvgIpc) is 2.61. The number of rotatable bonds is 1. The molecule has 0 bridgehead atoms. The van der Waals surface area contributed by atoms with Crippen molar-refractivity contribution in [1.82, 2.24) is 15.2 Å². The van der Waals surface area contributed by atoms with Gasteiger partial charge in [-0.05, 0) is 42.8 Å². The highest BCUT2D eigenvalue weighted by Gasteiger charge is 2.31. The van der Waals surface area contributed by atoms with E-state index in [0.717, 1.165) is 37.7 Å². The van der Waals surface area contributed by atoms with E-state index in [1.54, 1.807) is 18.4 Å². The highest BCUT2D eigenvalue weighted by atomic mass is 79.9. The molecule has 1 saturated heterocycles. The third-order valence-electron chi connectivity index (χ3n) is 3.95. The van der Waals surface area contributed by atoms with Crippen LogP contribution in [0.25, 0.3) is 0 Å². The van der Waals surface area contributed by atoms with E-state index in [0.29, 0.717) is 10.2 Å². The third-order valence-corrected chi connectivity index (χ3v) is 4.56. The number of hydrogen-bond donors (Lipinski definition) is 1. The van der Waals surface area contributed by atoms with E-state index in [9.17, 15) is 4.39 Å². The van der Waals surface area contributed by atoms with Gasteiger partial charge in [-0.1, -0.05) is 6.08 Å². The number of aliphatic imine (C=N–C) groups is 1. The molecule has 25 heavy (non-hydrogen) atoms. The van der Waals surface area contributed by atoms with Crippen molar-refractivity contribution in [2.45, 2.75) is 26.8 Å². The summed E-state index contributed by atoms with van der Waals surface area (Å²) in [4.78, 5) is 6.88. The van der Waals surface area contributed by atoms with E-state index >= 15 is 0 Å². The van der Waals surface area contributed by atoms with Crippen LogP contribution in [0.1, 0.15) is 32.4 Å². The summed E-state index contributed by atoms with van der Waals surface area (Å²) in [5.74, 6) is 0.503. The molecule has 3 rings (SSSR count). The molecule has 2 aliphatic heterocycles. The number of hydrazone groups is 1. The summed E-state index contributed by atoms with van der Waals surface area (Å²) in [6, 6.07) is 3.29. The smallest absolute Gasteiger partial charge is 0.223 e. The molecule has 2 aliphatic rings. The Bertz CT molecular complexity index is 668. The van der Waals surface area contributed by atoms with Crippen molar-refractivity contribution in [3.63, 3.8) is 0 Å². The molecule has 1 aromatic rings. The molecular formula is C18H25BrFN5. The maximum absolute atomic E-state index is 13.9. The summed E-state index contributed by atoms with van der Waals surface area (Å²) in [6.45, 7) is 12.8. The number of nitrogens with one attached hydrogen (secondary N) is 1. The second-order valence-corrected chi connectivity index (χ2v) is 6.63. The maximum Gasteiger partial charge on any atom is 0.223 e. The summed E-state index contributed by atoms with van der Waals surface area (Å²) in [7, 11) is 0. The lowest BCUT2D eigenvalue weighted by atomic mass is 10.0. The Labute approximate surface area is 157 Å². The zero-order valence-corrected chi connectivity index (χ0v) is 16.6. The SMILES string of the molecule is C/C=N\N1C(N2CCNCC2)=Nc2cc(F)c(Br)cc2C1C.C=CC. The van der Waals surface area contributed by atoms with E-state index in [1.165, 1.54) is 6.07 Å². The van der Waals surface area contributed by atoms with E-state index in [4.69, 9.17) is 0 Å².